The molecular formula is C21H26BrNO3. The maximum absolute atomic E-state index is 12.4. The molecule has 1 atom stereocenters. The van der Waals surface area contributed by atoms with Crippen LogP contribution >= 0.6 is 15.9 Å². The summed E-state index contributed by atoms with van der Waals surface area (Å²) in [6.45, 7) is 6.26. The zero-order valence-corrected chi connectivity index (χ0v) is 17.3. The van der Waals surface area contributed by atoms with E-state index in [2.05, 4.69) is 35.1 Å². The number of halogens is 1. The van der Waals surface area contributed by atoms with E-state index in [9.17, 15) is 4.79 Å². The van der Waals surface area contributed by atoms with Crippen LogP contribution in [-0.2, 0) is 4.79 Å². The number of benzene rings is 2. The topological polar surface area (TPSA) is 47.6 Å². The lowest BCUT2D eigenvalue weighted by Gasteiger charge is -2.21. The number of rotatable bonds is 8. The quantitative estimate of drug-likeness (QED) is 0.650. The van der Waals surface area contributed by atoms with Gasteiger partial charge >= 0.3 is 0 Å². The van der Waals surface area contributed by atoms with Gasteiger partial charge in [-0.2, -0.15) is 0 Å². The average molecular weight is 420 g/mol. The van der Waals surface area contributed by atoms with Gasteiger partial charge < -0.3 is 14.8 Å². The Hall–Kier alpha value is -2.01. The van der Waals surface area contributed by atoms with Gasteiger partial charge in [0.15, 0.2) is 6.61 Å². The lowest BCUT2D eigenvalue weighted by Crippen LogP contribution is -2.33. The third kappa shape index (κ3) is 6.06. The lowest BCUT2D eigenvalue weighted by molar-refractivity contribution is -0.124. The summed E-state index contributed by atoms with van der Waals surface area (Å²) in [5, 5.41) is 3.08. The molecule has 5 heteroatoms. The summed E-state index contributed by atoms with van der Waals surface area (Å²) < 4.78 is 11.9. The molecule has 0 aliphatic rings. The van der Waals surface area contributed by atoms with Crippen molar-refractivity contribution in [2.24, 2.45) is 5.92 Å². The van der Waals surface area contributed by atoms with Gasteiger partial charge in [0.2, 0.25) is 0 Å². The molecule has 2 rings (SSSR count). The summed E-state index contributed by atoms with van der Waals surface area (Å²) in [6.07, 6.45) is 0.857. The van der Waals surface area contributed by atoms with E-state index in [4.69, 9.17) is 9.47 Å². The minimum absolute atomic E-state index is 0.00811. The van der Waals surface area contributed by atoms with Crippen molar-refractivity contribution in [1.29, 1.82) is 0 Å². The highest BCUT2D eigenvalue weighted by Gasteiger charge is 2.17. The van der Waals surface area contributed by atoms with Crippen molar-refractivity contribution in [3.05, 3.63) is 58.1 Å². The van der Waals surface area contributed by atoms with Crippen LogP contribution in [0.4, 0.5) is 0 Å². The molecule has 0 spiro atoms. The second-order valence-electron chi connectivity index (χ2n) is 6.72. The molecule has 4 nitrogen and oxygen atoms in total. The van der Waals surface area contributed by atoms with Crippen molar-refractivity contribution in [3.63, 3.8) is 0 Å². The Morgan fingerprint density at radius 1 is 1.12 bits per heavy atom. The van der Waals surface area contributed by atoms with E-state index in [0.29, 0.717) is 11.7 Å². The monoisotopic (exact) mass is 419 g/mol. The van der Waals surface area contributed by atoms with Crippen molar-refractivity contribution >= 4 is 21.8 Å². The first-order valence-electron chi connectivity index (χ1n) is 8.71. The zero-order valence-electron chi connectivity index (χ0n) is 15.7. The van der Waals surface area contributed by atoms with Gasteiger partial charge in [-0.15, -0.1) is 0 Å². The molecule has 0 saturated carbocycles. The summed E-state index contributed by atoms with van der Waals surface area (Å²) in [5.74, 6) is 1.81. The molecule has 0 bridgehead atoms. The molecule has 1 N–H and O–H groups in total. The standard InChI is InChI=1S/C21H26BrNO3/c1-14(2)11-20(16-5-7-17(25-4)8-6-16)23-21(24)13-26-18-9-10-19(22)15(3)12-18/h5-10,12,14,20H,11,13H2,1-4H3,(H,23,24). The molecule has 0 aromatic heterocycles. The Morgan fingerprint density at radius 2 is 1.77 bits per heavy atom. The molecule has 2 aromatic rings. The van der Waals surface area contributed by atoms with E-state index >= 15 is 0 Å². The van der Waals surface area contributed by atoms with Gasteiger partial charge in [-0.1, -0.05) is 41.9 Å². The fourth-order valence-corrected chi connectivity index (χ4v) is 2.92. The predicted octanol–water partition coefficient (Wildman–Crippen LogP) is 5.05. The van der Waals surface area contributed by atoms with Crippen LogP contribution in [0.1, 0.15) is 37.4 Å². The zero-order chi connectivity index (χ0) is 19.1. The summed E-state index contributed by atoms with van der Waals surface area (Å²) >= 11 is 3.46. The van der Waals surface area contributed by atoms with E-state index in [-0.39, 0.29) is 18.6 Å². The average Bonchev–Trinajstić information content (AvgIpc) is 2.62. The smallest absolute Gasteiger partial charge is 0.258 e. The van der Waals surface area contributed by atoms with Gasteiger partial charge in [-0.3, -0.25) is 4.79 Å². The van der Waals surface area contributed by atoms with Crippen LogP contribution in [0.25, 0.3) is 0 Å². The van der Waals surface area contributed by atoms with Crippen molar-refractivity contribution in [3.8, 4) is 11.5 Å². The molecule has 1 amide bonds. The van der Waals surface area contributed by atoms with E-state index in [1.807, 2.05) is 49.4 Å². The first-order chi connectivity index (χ1) is 12.4. The molecule has 0 aliphatic carbocycles. The van der Waals surface area contributed by atoms with Gasteiger partial charge in [0, 0.05) is 4.47 Å². The first kappa shape index (κ1) is 20.3. The summed E-state index contributed by atoms with van der Waals surface area (Å²) in [4.78, 5) is 12.4. The van der Waals surface area contributed by atoms with Gasteiger partial charge in [-0.05, 0) is 60.7 Å². The predicted molar refractivity (Wildman–Crippen MR) is 108 cm³/mol. The van der Waals surface area contributed by atoms with Crippen molar-refractivity contribution in [2.75, 3.05) is 13.7 Å². The Balaban J connectivity index is 1.99. The van der Waals surface area contributed by atoms with Crippen LogP contribution in [-0.4, -0.2) is 19.6 Å². The number of carbonyl (C=O) groups excluding carboxylic acids is 1. The highest BCUT2D eigenvalue weighted by Crippen LogP contribution is 2.24. The van der Waals surface area contributed by atoms with Crippen LogP contribution in [0, 0.1) is 12.8 Å². The number of amides is 1. The fraction of sp³-hybridized carbons (Fsp3) is 0.381. The third-order valence-corrected chi connectivity index (χ3v) is 4.95. The Kier molecular flexibility index (Phi) is 7.51. The number of ether oxygens (including phenoxy) is 2. The van der Waals surface area contributed by atoms with Crippen LogP contribution in [0.15, 0.2) is 46.9 Å². The summed E-state index contributed by atoms with van der Waals surface area (Å²) in [7, 11) is 1.64. The minimum Gasteiger partial charge on any atom is -0.497 e. The van der Waals surface area contributed by atoms with Crippen molar-refractivity contribution < 1.29 is 14.3 Å². The van der Waals surface area contributed by atoms with Gasteiger partial charge in [0.25, 0.3) is 5.91 Å². The molecule has 26 heavy (non-hydrogen) atoms. The molecule has 2 aromatic carbocycles. The maximum Gasteiger partial charge on any atom is 0.258 e. The number of methoxy groups -OCH3 is 1. The second-order valence-corrected chi connectivity index (χ2v) is 7.58. The molecule has 1 unspecified atom stereocenters. The SMILES string of the molecule is COc1ccc(C(CC(C)C)NC(=O)COc2ccc(Br)c(C)c2)cc1. The summed E-state index contributed by atoms with van der Waals surface area (Å²) in [6, 6.07) is 13.4. The molecule has 0 aliphatic heterocycles. The van der Waals surface area contributed by atoms with Crippen LogP contribution in [0.5, 0.6) is 11.5 Å². The molecule has 140 valence electrons. The van der Waals surface area contributed by atoms with Gasteiger partial charge in [0.1, 0.15) is 11.5 Å². The molecule has 0 saturated heterocycles. The molecule has 0 heterocycles. The van der Waals surface area contributed by atoms with Crippen LogP contribution in [0.3, 0.4) is 0 Å². The molecule has 0 radical (unpaired) electrons. The number of hydrogen-bond donors (Lipinski definition) is 1. The van der Waals surface area contributed by atoms with Crippen LogP contribution < -0.4 is 14.8 Å². The number of nitrogens with one attached hydrogen (secondary N) is 1. The molecule has 0 fully saturated rings. The largest absolute Gasteiger partial charge is 0.497 e. The Bertz CT molecular complexity index is 729. The van der Waals surface area contributed by atoms with Crippen molar-refractivity contribution in [2.45, 2.75) is 33.2 Å². The van der Waals surface area contributed by atoms with Crippen molar-refractivity contribution in [1.82, 2.24) is 5.32 Å². The van der Waals surface area contributed by atoms with E-state index in [1.54, 1.807) is 7.11 Å². The first-order valence-corrected chi connectivity index (χ1v) is 9.50. The highest BCUT2D eigenvalue weighted by molar-refractivity contribution is 9.10. The highest BCUT2D eigenvalue weighted by atomic mass is 79.9. The van der Waals surface area contributed by atoms with E-state index < -0.39 is 0 Å². The number of carbonyl (C=O) groups is 1. The second kappa shape index (κ2) is 9.62. The number of aryl methyl sites for hydroxylation is 1. The Morgan fingerprint density at radius 3 is 2.35 bits per heavy atom. The normalized spacial score (nSPS) is 11.9. The van der Waals surface area contributed by atoms with Gasteiger partial charge in [0.05, 0.1) is 13.2 Å². The fourth-order valence-electron chi connectivity index (χ4n) is 2.68. The summed E-state index contributed by atoms with van der Waals surface area (Å²) in [5.41, 5.74) is 2.13. The minimum atomic E-state index is -0.132. The lowest BCUT2D eigenvalue weighted by atomic mass is 9.97. The van der Waals surface area contributed by atoms with Crippen LogP contribution in [0.2, 0.25) is 0 Å². The Labute approximate surface area is 164 Å². The van der Waals surface area contributed by atoms with E-state index in [1.165, 1.54) is 0 Å². The van der Waals surface area contributed by atoms with E-state index in [0.717, 1.165) is 27.8 Å². The third-order valence-electron chi connectivity index (χ3n) is 4.06. The maximum atomic E-state index is 12.4. The number of hydrogen-bond acceptors (Lipinski definition) is 3. The molecular weight excluding hydrogens is 394 g/mol. The van der Waals surface area contributed by atoms with Gasteiger partial charge in [-0.25, -0.2) is 0 Å².